The highest BCUT2D eigenvalue weighted by Crippen LogP contribution is 2.23. The molecule has 0 saturated carbocycles. The molecule has 1 N–H and O–H groups in total. The molecule has 0 radical (unpaired) electrons. The zero-order chi connectivity index (χ0) is 16.3. The molecule has 0 saturated heterocycles. The maximum absolute atomic E-state index is 11.7. The van der Waals surface area contributed by atoms with E-state index in [0.717, 1.165) is 12.0 Å². The van der Waals surface area contributed by atoms with Crippen LogP contribution in [0.25, 0.3) is 0 Å². The lowest BCUT2D eigenvalue weighted by Gasteiger charge is -2.07. The number of amides is 1. The Morgan fingerprint density at radius 3 is 2.83 bits per heavy atom. The number of nitrogens with zero attached hydrogens (tertiary/aromatic N) is 1. The first-order chi connectivity index (χ1) is 11.3. The largest absolute Gasteiger partial charge is 0.377 e. The summed E-state index contributed by atoms with van der Waals surface area (Å²) in [6.07, 6.45) is 2.45. The first-order valence-corrected chi connectivity index (χ1v) is 8.74. The van der Waals surface area contributed by atoms with Crippen LogP contribution in [0.4, 0.5) is 0 Å². The van der Waals surface area contributed by atoms with Crippen molar-refractivity contribution in [1.82, 2.24) is 10.3 Å². The molecule has 23 heavy (non-hydrogen) atoms. The van der Waals surface area contributed by atoms with Gasteiger partial charge in [-0.1, -0.05) is 53.7 Å². The van der Waals surface area contributed by atoms with Gasteiger partial charge < -0.3 is 10.1 Å². The molecule has 1 aromatic carbocycles. The quantitative estimate of drug-likeness (QED) is 0.555. The third-order valence-electron chi connectivity index (χ3n) is 2.96. The summed E-state index contributed by atoms with van der Waals surface area (Å²) in [5.74, 6) is 0.279. The Morgan fingerprint density at radius 2 is 2.04 bits per heavy atom. The van der Waals surface area contributed by atoms with E-state index in [2.05, 4.69) is 10.3 Å². The molecule has 2 rings (SSSR count). The number of nitrogens with one attached hydrogen (secondary N) is 1. The lowest BCUT2D eigenvalue weighted by molar-refractivity contribution is -0.118. The van der Waals surface area contributed by atoms with Gasteiger partial charge in [0.1, 0.15) is 5.03 Å². The SMILES string of the molecule is O=C(CSc1ncccc1Cl)NCCCOCc1ccccc1. The standard InChI is InChI=1S/C17H19ClN2O2S/c18-15-8-4-9-20-17(15)23-13-16(21)19-10-5-11-22-12-14-6-2-1-3-7-14/h1-4,6-9H,5,10-13H2,(H,19,21). The average molecular weight is 351 g/mol. The van der Waals surface area contributed by atoms with Crippen molar-refractivity contribution in [1.29, 1.82) is 0 Å². The van der Waals surface area contributed by atoms with E-state index in [0.29, 0.717) is 35.6 Å². The molecule has 0 unspecified atom stereocenters. The van der Waals surface area contributed by atoms with Gasteiger partial charge in [0.25, 0.3) is 0 Å². The van der Waals surface area contributed by atoms with E-state index < -0.39 is 0 Å². The number of pyridine rings is 1. The third kappa shape index (κ3) is 7.03. The molecule has 4 nitrogen and oxygen atoms in total. The summed E-state index contributed by atoms with van der Waals surface area (Å²) in [6, 6.07) is 13.5. The molecule has 2 aromatic rings. The van der Waals surface area contributed by atoms with Crippen molar-refractivity contribution in [3.8, 4) is 0 Å². The summed E-state index contributed by atoms with van der Waals surface area (Å²) in [7, 11) is 0. The van der Waals surface area contributed by atoms with E-state index in [1.165, 1.54) is 11.8 Å². The van der Waals surface area contributed by atoms with Gasteiger partial charge in [0.05, 0.1) is 17.4 Å². The number of benzene rings is 1. The Morgan fingerprint density at radius 1 is 1.22 bits per heavy atom. The summed E-state index contributed by atoms with van der Waals surface area (Å²) in [6.45, 7) is 1.82. The number of halogens is 1. The zero-order valence-corrected chi connectivity index (χ0v) is 14.3. The van der Waals surface area contributed by atoms with Gasteiger partial charge in [-0.15, -0.1) is 0 Å². The number of carbonyl (C=O) groups excluding carboxylic acids is 1. The van der Waals surface area contributed by atoms with Crippen molar-refractivity contribution in [2.75, 3.05) is 18.9 Å². The van der Waals surface area contributed by atoms with E-state index >= 15 is 0 Å². The van der Waals surface area contributed by atoms with E-state index in [1.54, 1.807) is 18.3 Å². The first kappa shape index (κ1) is 17.8. The fraction of sp³-hybridized carbons (Fsp3) is 0.294. The molecular formula is C17H19ClN2O2S. The van der Waals surface area contributed by atoms with Crippen LogP contribution in [0.1, 0.15) is 12.0 Å². The topological polar surface area (TPSA) is 51.2 Å². The third-order valence-corrected chi connectivity index (χ3v) is 4.39. The molecular weight excluding hydrogens is 332 g/mol. The van der Waals surface area contributed by atoms with Crippen molar-refractivity contribution < 1.29 is 9.53 Å². The van der Waals surface area contributed by atoms with Gasteiger partial charge in [-0.2, -0.15) is 0 Å². The number of ether oxygens (including phenoxy) is 1. The summed E-state index contributed by atoms with van der Waals surface area (Å²) < 4.78 is 5.56. The van der Waals surface area contributed by atoms with Crippen LogP contribution in [0.3, 0.4) is 0 Å². The Kier molecular flexibility index (Phi) is 7.93. The Bertz CT molecular complexity index is 611. The number of carbonyl (C=O) groups is 1. The highest BCUT2D eigenvalue weighted by atomic mass is 35.5. The minimum atomic E-state index is -0.0280. The molecule has 1 heterocycles. The lowest BCUT2D eigenvalue weighted by atomic mass is 10.2. The molecule has 0 aliphatic carbocycles. The number of thioether (sulfide) groups is 1. The van der Waals surface area contributed by atoms with Crippen LogP contribution in [-0.4, -0.2) is 29.8 Å². The smallest absolute Gasteiger partial charge is 0.230 e. The minimum absolute atomic E-state index is 0.0280. The van der Waals surface area contributed by atoms with Crippen LogP contribution < -0.4 is 5.32 Å². The number of hydrogen-bond acceptors (Lipinski definition) is 4. The summed E-state index contributed by atoms with van der Waals surface area (Å²) in [5, 5.41) is 4.11. The van der Waals surface area contributed by atoms with Crippen molar-refractivity contribution >= 4 is 29.3 Å². The fourth-order valence-corrected chi connectivity index (χ4v) is 2.83. The van der Waals surface area contributed by atoms with Crippen LogP contribution in [0, 0.1) is 0 Å². The molecule has 0 fully saturated rings. The molecule has 1 amide bonds. The zero-order valence-electron chi connectivity index (χ0n) is 12.7. The second-order valence-electron chi connectivity index (χ2n) is 4.82. The first-order valence-electron chi connectivity index (χ1n) is 7.37. The molecule has 6 heteroatoms. The second-order valence-corrected chi connectivity index (χ2v) is 6.19. The second kappa shape index (κ2) is 10.3. The Hall–Kier alpha value is -1.56. The summed E-state index contributed by atoms with van der Waals surface area (Å²) in [4.78, 5) is 15.9. The minimum Gasteiger partial charge on any atom is -0.377 e. The molecule has 0 aliphatic rings. The number of hydrogen-bond donors (Lipinski definition) is 1. The van der Waals surface area contributed by atoms with Crippen molar-refractivity contribution in [2.24, 2.45) is 0 Å². The van der Waals surface area contributed by atoms with Gasteiger partial charge in [0.2, 0.25) is 5.91 Å². The average Bonchev–Trinajstić information content (AvgIpc) is 2.58. The van der Waals surface area contributed by atoms with Gasteiger partial charge in [-0.05, 0) is 24.1 Å². The summed E-state index contributed by atoms with van der Waals surface area (Å²) in [5.41, 5.74) is 1.15. The van der Waals surface area contributed by atoms with Crippen LogP contribution in [0.2, 0.25) is 5.02 Å². The predicted molar refractivity (Wildman–Crippen MR) is 93.7 cm³/mol. The molecule has 0 atom stereocenters. The fourth-order valence-electron chi connectivity index (χ4n) is 1.83. The van der Waals surface area contributed by atoms with E-state index in [1.807, 2.05) is 30.3 Å². The number of rotatable bonds is 9. The summed E-state index contributed by atoms with van der Waals surface area (Å²) >= 11 is 7.32. The monoisotopic (exact) mass is 350 g/mol. The molecule has 1 aromatic heterocycles. The van der Waals surface area contributed by atoms with E-state index in [4.69, 9.17) is 16.3 Å². The van der Waals surface area contributed by atoms with Gasteiger partial charge in [-0.3, -0.25) is 4.79 Å². The highest BCUT2D eigenvalue weighted by molar-refractivity contribution is 8.00. The van der Waals surface area contributed by atoms with Crippen molar-refractivity contribution in [3.05, 3.63) is 59.2 Å². The molecule has 122 valence electrons. The van der Waals surface area contributed by atoms with Gasteiger partial charge >= 0.3 is 0 Å². The normalized spacial score (nSPS) is 10.5. The van der Waals surface area contributed by atoms with Crippen LogP contribution in [-0.2, 0) is 16.1 Å². The van der Waals surface area contributed by atoms with Crippen LogP contribution in [0.5, 0.6) is 0 Å². The Labute approximate surface area is 145 Å². The van der Waals surface area contributed by atoms with Crippen molar-refractivity contribution in [2.45, 2.75) is 18.1 Å². The maximum atomic E-state index is 11.7. The highest BCUT2D eigenvalue weighted by Gasteiger charge is 2.06. The lowest BCUT2D eigenvalue weighted by Crippen LogP contribution is -2.26. The van der Waals surface area contributed by atoms with Crippen LogP contribution >= 0.6 is 23.4 Å². The molecule has 0 spiro atoms. The van der Waals surface area contributed by atoms with Crippen molar-refractivity contribution in [3.63, 3.8) is 0 Å². The number of aromatic nitrogens is 1. The van der Waals surface area contributed by atoms with Gasteiger partial charge in [0, 0.05) is 19.3 Å². The van der Waals surface area contributed by atoms with Gasteiger partial charge in [0.15, 0.2) is 0 Å². The Balaban J connectivity index is 1.52. The van der Waals surface area contributed by atoms with E-state index in [9.17, 15) is 4.79 Å². The maximum Gasteiger partial charge on any atom is 0.230 e. The van der Waals surface area contributed by atoms with E-state index in [-0.39, 0.29) is 5.91 Å². The predicted octanol–water partition coefficient (Wildman–Crippen LogP) is 3.55. The molecule has 0 bridgehead atoms. The van der Waals surface area contributed by atoms with Gasteiger partial charge in [-0.25, -0.2) is 4.98 Å². The van der Waals surface area contributed by atoms with Crippen LogP contribution in [0.15, 0.2) is 53.7 Å². The molecule has 0 aliphatic heterocycles.